The highest BCUT2D eigenvalue weighted by atomic mass is 16.4. The van der Waals surface area contributed by atoms with Gasteiger partial charge >= 0.3 is 11.9 Å². The van der Waals surface area contributed by atoms with Gasteiger partial charge < -0.3 is 21.7 Å². The largest absolute Gasteiger partial charge is 0.480 e. The summed E-state index contributed by atoms with van der Waals surface area (Å²) in [5.41, 5.74) is 12.6. The van der Waals surface area contributed by atoms with Crippen LogP contribution in [0.2, 0.25) is 0 Å². The molecule has 0 aromatic heterocycles. The van der Waals surface area contributed by atoms with Gasteiger partial charge in [0.2, 0.25) is 0 Å². The maximum atomic E-state index is 10.4. The second-order valence-corrected chi connectivity index (χ2v) is 5.27. The van der Waals surface area contributed by atoms with Crippen LogP contribution in [0, 0.1) is 0 Å². The minimum absolute atomic E-state index is 0.385. The molecule has 2 rings (SSSR count). The summed E-state index contributed by atoms with van der Waals surface area (Å²) in [5.74, 6) is -1.92. The predicted octanol–water partition coefficient (Wildman–Crippen LogP) is 1.28. The highest BCUT2D eigenvalue weighted by Crippen LogP contribution is 2.02. The Balaban J connectivity index is 0.000000240. The zero-order valence-corrected chi connectivity index (χ0v) is 13.2. The average Bonchev–Trinajstić information content (AvgIpc) is 2.57. The number of carboxylic acids is 2. The van der Waals surface area contributed by atoms with Crippen molar-refractivity contribution in [1.82, 2.24) is 0 Å². The molecule has 2 aromatic rings. The van der Waals surface area contributed by atoms with Crippen LogP contribution in [0.1, 0.15) is 11.1 Å². The molecule has 0 saturated carbocycles. The van der Waals surface area contributed by atoms with E-state index in [2.05, 4.69) is 0 Å². The van der Waals surface area contributed by atoms with Crippen molar-refractivity contribution in [3.63, 3.8) is 0 Å². The molecule has 2 aromatic carbocycles. The molecule has 0 bridgehead atoms. The predicted molar refractivity (Wildman–Crippen MR) is 91.5 cm³/mol. The van der Waals surface area contributed by atoms with E-state index in [1.54, 1.807) is 0 Å². The first-order valence-corrected chi connectivity index (χ1v) is 7.44. The molecular formula is C18H22N2O4. The number of aliphatic carboxylic acids is 2. The first-order valence-electron chi connectivity index (χ1n) is 7.44. The van der Waals surface area contributed by atoms with Gasteiger partial charge in [-0.15, -0.1) is 0 Å². The maximum Gasteiger partial charge on any atom is 0.320 e. The molecule has 0 spiro atoms. The third kappa shape index (κ3) is 7.53. The Labute approximate surface area is 140 Å². The second-order valence-electron chi connectivity index (χ2n) is 5.27. The summed E-state index contributed by atoms with van der Waals surface area (Å²) in [4.78, 5) is 20.8. The molecule has 0 aliphatic rings. The van der Waals surface area contributed by atoms with Crippen LogP contribution < -0.4 is 11.5 Å². The number of nitrogens with two attached hydrogens (primary N) is 2. The summed E-state index contributed by atoms with van der Waals surface area (Å²) in [6.45, 7) is 0. The van der Waals surface area contributed by atoms with Crippen molar-refractivity contribution in [2.24, 2.45) is 11.5 Å². The number of rotatable bonds is 6. The zero-order chi connectivity index (χ0) is 17.9. The van der Waals surface area contributed by atoms with Gasteiger partial charge in [0, 0.05) is 0 Å². The molecule has 0 saturated heterocycles. The molecule has 0 aliphatic carbocycles. The number of hydrogen-bond acceptors (Lipinski definition) is 4. The number of carbonyl (C=O) groups is 2. The third-order valence-corrected chi connectivity index (χ3v) is 3.23. The van der Waals surface area contributed by atoms with Gasteiger partial charge in [-0.1, -0.05) is 60.7 Å². The van der Waals surface area contributed by atoms with E-state index in [4.69, 9.17) is 21.7 Å². The lowest BCUT2D eigenvalue weighted by Gasteiger charge is -2.04. The highest BCUT2D eigenvalue weighted by molar-refractivity contribution is 5.73. The second kappa shape index (κ2) is 10.1. The van der Waals surface area contributed by atoms with Gasteiger partial charge in [-0.2, -0.15) is 0 Å². The van der Waals surface area contributed by atoms with Crippen molar-refractivity contribution in [2.45, 2.75) is 24.9 Å². The van der Waals surface area contributed by atoms with E-state index in [-0.39, 0.29) is 0 Å². The molecular weight excluding hydrogens is 308 g/mol. The van der Waals surface area contributed by atoms with E-state index in [1.807, 2.05) is 60.7 Å². The first-order chi connectivity index (χ1) is 11.4. The Kier molecular flexibility index (Phi) is 8.18. The van der Waals surface area contributed by atoms with Crippen LogP contribution in [0.4, 0.5) is 0 Å². The van der Waals surface area contributed by atoms with Crippen molar-refractivity contribution in [3.8, 4) is 0 Å². The van der Waals surface area contributed by atoms with Gasteiger partial charge in [-0.25, -0.2) is 0 Å². The molecule has 24 heavy (non-hydrogen) atoms. The lowest BCUT2D eigenvalue weighted by molar-refractivity contribution is -0.139. The van der Waals surface area contributed by atoms with Crippen LogP contribution in [-0.2, 0) is 22.4 Å². The van der Waals surface area contributed by atoms with E-state index < -0.39 is 24.0 Å². The molecule has 6 heteroatoms. The molecule has 0 fully saturated rings. The van der Waals surface area contributed by atoms with Gasteiger partial charge in [-0.05, 0) is 24.0 Å². The molecule has 2 atom stereocenters. The van der Waals surface area contributed by atoms with E-state index >= 15 is 0 Å². The molecule has 0 heterocycles. The van der Waals surface area contributed by atoms with Crippen LogP contribution in [0.15, 0.2) is 60.7 Å². The van der Waals surface area contributed by atoms with Gasteiger partial charge in [0.25, 0.3) is 0 Å². The van der Waals surface area contributed by atoms with E-state index in [9.17, 15) is 9.59 Å². The lowest BCUT2D eigenvalue weighted by Crippen LogP contribution is -2.32. The Morgan fingerprint density at radius 2 is 1.00 bits per heavy atom. The van der Waals surface area contributed by atoms with Crippen LogP contribution in [-0.4, -0.2) is 34.2 Å². The summed E-state index contributed by atoms with van der Waals surface area (Å²) in [6, 6.07) is 17.1. The topological polar surface area (TPSA) is 127 Å². The quantitative estimate of drug-likeness (QED) is 0.632. The van der Waals surface area contributed by atoms with Crippen molar-refractivity contribution >= 4 is 11.9 Å². The lowest BCUT2D eigenvalue weighted by atomic mass is 10.1. The van der Waals surface area contributed by atoms with Crippen molar-refractivity contribution in [2.75, 3.05) is 0 Å². The first kappa shape index (κ1) is 19.3. The van der Waals surface area contributed by atoms with Crippen molar-refractivity contribution in [3.05, 3.63) is 71.8 Å². The summed E-state index contributed by atoms with van der Waals surface area (Å²) in [7, 11) is 0. The molecule has 128 valence electrons. The van der Waals surface area contributed by atoms with E-state index in [1.165, 1.54) is 0 Å². The van der Waals surface area contributed by atoms with E-state index in [0.717, 1.165) is 11.1 Å². The third-order valence-electron chi connectivity index (χ3n) is 3.23. The summed E-state index contributed by atoms with van der Waals surface area (Å²) < 4.78 is 0. The zero-order valence-electron chi connectivity index (χ0n) is 13.2. The summed E-state index contributed by atoms with van der Waals surface area (Å²) in [6.07, 6.45) is 0.770. The minimum Gasteiger partial charge on any atom is -0.480 e. The monoisotopic (exact) mass is 330 g/mol. The van der Waals surface area contributed by atoms with Crippen LogP contribution in [0.25, 0.3) is 0 Å². The fraction of sp³-hybridized carbons (Fsp3) is 0.222. The molecule has 0 aliphatic heterocycles. The number of carboxylic acid groups (broad SMARTS) is 2. The summed E-state index contributed by atoms with van der Waals surface area (Å²) in [5, 5.41) is 17.0. The maximum absolute atomic E-state index is 10.4. The van der Waals surface area contributed by atoms with Crippen LogP contribution in [0.3, 0.4) is 0 Å². The molecule has 0 unspecified atom stereocenters. The normalized spacial score (nSPS) is 12.4. The average molecular weight is 330 g/mol. The number of hydrogen-bond donors (Lipinski definition) is 4. The van der Waals surface area contributed by atoms with E-state index in [0.29, 0.717) is 12.8 Å². The Morgan fingerprint density at radius 3 is 1.25 bits per heavy atom. The molecule has 6 N–H and O–H groups in total. The van der Waals surface area contributed by atoms with Gasteiger partial charge in [0.05, 0.1) is 0 Å². The Morgan fingerprint density at radius 1 is 0.708 bits per heavy atom. The summed E-state index contributed by atoms with van der Waals surface area (Å²) >= 11 is 0. The van der Waals surface area contributed by atoms with Crippen molar-refractivity contribution < 1.29 is 19.8 Å². The van der Waals surface area contributed by atoms with Gasteiger partial charge in [-0.3, -0.25) is 9.59 Å². The SMILES string of the molecule is N[C@@H](Cc1ccccc1)C(=O)O.N[C@H](Cc1ccccc1)C(=O)O. The van der Waals surface area contributed by atoms with Gasteiger partial charge in [0.1, 0.15) is 12.1 Å². The number of benzene rings is 2. The molecule has 6 nitrogen and oxygen atoms in total. The standard InChI is InChI=1S/2C9H11NO2/c2*10-8(9(11)12)6-7-4-2-1-3-5-7/h2*1-5,8H,6,10H2,(H,11,12)/t2*8-/m10/s1. The molecule has 0 radical (unpaired) electrons. The Hall–Kier alpha value is -2.70. The van der Waals surface area contributed by atoms with Crippen molar-refractivity contribution in [1.29, 1.82) is 0 Å². The van der Waals surface area contributed by atoms with Crippen LogP contribution in [0.5, 0.6) is 0 Å². The fourth-order valence-electron chi connectivity index (χ4n) is 1.91. The highest BCUT2D eigenvalue weighted by Gasteiger charge is 2.11. The minimum atomic E-state index is -0.959. The molecule has 0 amide bonds. The van der Waals surface area contributed by atoms with Gasteiger partial charge in [0.15, 0.2) is 0 Å². The van der Waals surface area contributed by atoms with Crippen LogP contribution >= 0.6 is 0 Å². The smallest absolute Gasteiger partial charge is 0.320 e. The Bertz CT molecular complexity index is 574. The fourth-order valence-corrected chi connectivity index (χ4v) is 1.91.